The van der Waals surface area contributed by atoms with E-state index in [2.05, 4.69) is 86.7 Å². The Hall–Kier alpha value is -3.02. The van der Waals surface area contributed by atoms with Crippen LogP contribution in [0.1, 0.15) is 80.0 Å². The van der Waals surface area contributed by atoms with Crippen molar-refractivity contribution in [2.75, 3.05) is 0 Å². The number of nitrogens with zero attached hydrogens (tertiary/aromatic N) is 2. The van der Waals surface area contributed by atoms with Crippen LogP contribution in [0.15, 0.2) is 83.0 Å². The summed E-state index contributed by atoms with van der Waals surface area (Å²) < 4.78 is 2.35. The normalized spacial score (nSPS) is 10.9. The van der Waals surface area contributed by atoms with Crippen molar-refractivity contribution in [3.8, 4) is 0 Å². The van der Waals surface area contributed by atoms with E-state index in [1.54, 1.807) is 18.7 Å². The maximum absolute atomic E-state index is 11.6. The summed E-state index contributed by atoms with van der Waals surface area (Å²) in [5.41, 5.74) is 7.38. The number of hydrogen-bond donors (Lipinski definition) is 1. The summed E-state index contributed by atoms with van der Waals surface area (Å²) in [6, 6.07) is 20.7. The summed E-state index contributed by atoms with van der Waals surface area (Å²) in [4.78, 5) is 16.9. The molecule has 4 rings (SSSR count). The standard InChI is InChI=1S/C24H28ClN3OS.C9H12/c1-15(2)23-22(13-27-18(5)29)17(4)28(14-19-6-8-26-9-7-19)24(23)30-21-11-16(3)10-20(25)12-21;1-8(2)9-6-4-3-5-7-9/h6-12,15H,13-14H2,1-5H3,(H,27,29);3-8H,1-2H3. The van der Waals surface area contributed by atoms with Crippen LogP contribution >= 0.6 is 23.4 Å². The Balaban J connectivity index is 0.000000395. The van der Waals surface area contributed by atoms with E-state index < -0.39 is 0 Å². The zero-order chi connectivity index (χ0) is 28.5. The van der Waals surface area contributed by atoms with Gasteiger partial charge < -0.3 is 9.88 Å². The average Bonchev–Trinajstić information content (AvgIpc) is 3.14. The van der Waals surface area contributed by atoms with Crippen LogP contribution in [0.4, 0.5) is 0 Å². The van der Waals surface area contributed by atoms with Crippen LogP contribution in [0.5, 0.6) is 0 Å². The van der Waals surface area contributed by atoms with E-state index in [0.717, 1.165) is 22.0 Å². The first-order valence-electron chi connectivity index (χ1n) is 13.4. The van der Waals surface area contributed by atoms with Crippen LogP contribution in [0.25, 0.3) is 0 Å². The summed E-state index contributed by atoms with van der Waals surface area (Å²) >= 11 is 8.07. The van der Waals surface area contributed by atoms with Gasteiger partial charge in [-0.1, -0.05) is 81.4 Å². The zero-order valence-corrected chi connectivity index (χ0v) is 25.7. The zero-order valence-electron chi connectivity index (χ0n) is 24.1. The number of amides is 1. The molecule has 0 spiro atoms. The highest BCUT2D eigenvalue weighted by Gasteiger charge is 2.23. The summed E-state index contributed by atoms with van der Waals surface area (Å²) in [7, 11) is 0. The van der Waals surface area contributed by atoms with Gasteiger partial charge in [-0.15, -0.1) is 0 Å². The summed E-state index contributed by atoms with van der Waals surface area (Å²) in [6.07, 6.45) is 3.64. The molecule has 4 nitrogen and oxygen atoms in total. The van der Waals surface area contributed by atoms with Crippen LogP contribution in [0.2, 0.25) is 5.02 Å². The second-order valence-corrected chi connectivity index (χ2v) is 11.9. The molecule has 0 bridgehead atoms. The molecule has 0 aliphatic heterocycles. The first-order valence-corrected chi connectivity index (χ1v) is 14.6. The fraction of sp³-hybridized carbons (Fsp3) is 0.333. The Morgan fingerprint density at radius 3 is 2.18 bits per heavy atom. The molecule has 39 heavy (non-hydrogen) atoms. The minimum Gasteiger partial charge on any atom is -0.352 e. The lowest BCUT2D eigenvalue weighted by Gasteiger charge is -2.15. The van der Waals surface area contributed by atoms with Gasteiger partial charge in [0.25, 0.3) is 0 Å². The summed E-state index contributed by atoms with van der Waals surface area (Å²) in [6.45, 7) is 15.8. The third-order valence-electron chi connectivity index (χ3n) is 6.52. The second kappa shape index (κ2) is 14.4. The highest BCUT2D eigenvalue weighted by Crippen LogP contribution is 2.41. The summed E-state index contributed by atoms with van der Waals surface area (Å²) in [5.74, 6) is 0.950. The van der Waals surface area contributed by atoms with Crippen molar-refractivity contribution in [3.63, 3.8) is 0 Å². The van der Waals surface area contributed by atoms with Crippen molar-refractivity contribution < 1.29 is 4.79 Å². The first kappa shape index (κ1) is 30.5. The first-order chi connectivity index (χ1) is 18.6. The van der Waals surface area contributed by atoms with Gasteiger partial charge in [-0.3, -0.25) is 9.78 Å². The second-order valence-electron chi connectivity index (χ2n) is 10.4. The fourth-order valence-corrected chi connectivity index (χ4v) is 6.29. The predicted octanol–water partition coefficient (Wildman–Crippen LogP) is 8.92. The molecule has 0 saturated carbocycles. The number of aryl methyl sites for hydroxylation is 1. The van der Waals surface area contributed by atoms with Gasteiger partial charge in [-0.05, 0) is 83.8 Å². The van der Waals surface area contributed by atoms with Crippen LogP contribution in [-0.4, -0.2) is 15.5 Å². The average molecular weight is 562 g/mol. The van der Waals surface area contributed by atoms with Gasteiger partial charge in [0.1, 0.15) is 0 Å². The van der Waals surface area contributed by atoms with E-state index in [4.69, 9.17) is 11.6 Å². The minimum atomic E-state index is -0.0225. The quantitative estimate of drug-likeness (QED) is 0.233. The van der Waals surface area contributed by atoms with Crippen molar-refractivity contribution in [1.82, 2.24) is 14.9 Å². The van der Waals surface area contributed by atoms with Crippen molar-refractivity contribution in [2.24, 2.45) is 0 Å². The Labute approximate surface area is 243 Å². The van der Waals surface area contributed by atoms with Crippen LogP contribution < -0.4 is 5.32 Å². The van der Waals surface area contributed by atoms with Gasteiger partial charge in [0.05, 0.1) is 5.03 Å². The Bertz CT molecular complexity index is 1340. The number of nitrogens with one attached hydrogen (secondary N) is 1. The lowest BCUT2D eigenvalue weighted by Crippen LogP contribution is -2.20. The van der Waals surface area contributed by atoms with Crippen molar-refractivity contribution in [2.45, 2.75) is 83.3 Å². The fourth-order valence-electron chi connectivity index (χ4n) is 4.50. The molecule has 2 aromatic carbocycles. The number of carbonyl (C=O) groups excluding carboxylic acids is 1. The molecule has 4 aromatic rings. The maximum Gasteiger partial charge on any atom is 0.217 e. The minimum absolute atomic E-state index is 0.0225. The molecular formula is C33H40ClN3OS. The molecule has 0 aliphatic rings. The van der Waals surface area contributed by atoms with E-state index in [1.807, 2.05) is 42.7 Å². The number of aromatic nitrogens is 2. The van der Waals surface area contributed by atoms with Gasteiger partial charge in [0.2, 0.25) is 5.91 Å². The Morgan fingerprint density at radius 1 is 0.974 bits per heavy atom. The topological polar surface area (TPSA) is 46.9 Å². The molecule has 1 N–H and O–H groups in total. The van der Waals surface area contributed by atoms with E-state index >= 15 is 0 Å². The third kappa shape index (κ3) is 8.74. The van der Waals surface area contributed by atoms with E-state index in [9.17, 15) is 4.79 Å². The predicted molar refractivity (Wildman–Crippen MR) is 165 cm³/mol. The largest absolute Gasteiger partial charge is 0.352 e. The number of carbonyl (C=O) groups is 1. The number of halogens is 1. The molecule has 0 fully saturated rings. The molecule has 206 valence electrons. The third-order valence-corrected chi connectivity index (χ3v) is 7.84. The molecule has 0 unspecified atom stereocenters. The van der Waals surface area contributed by atoms with Crippen LogP contribution in [0.3, 0.4) is 0 Å². The van der Waals surface area contributed by atoms with E-state index in [1.165, 1.54) is 33.0 Å². The van der Waals surface area contributed by atoms with Gasteiger partial charge in [0.15, 0.2) is 0 Å². The van der Waals surface area contributed by atoms with Crippen molar-refractivity contribution in [1.29, 1.82) is 0 Å². The highest BCUT2D eigenvalue weighted by molar-refractivity contribution is 7.99. The SMILES string of the molecule is CC(=O)NCc1c(C(C)C)c(Sc2cc(C)cc(Cl)c2)n(Cc2ccncc2)c1C.CC(C)c1ccccc1. The lowest BCUT2D eigenvalue weighted by molar-refractivity contribution is -0.119. The number of benzene rings is 2. The van der Waals surface area contributed by atoms with Crippen molar-refractivity contribution in [3.05, 3.63) is 112 Å². The molecule has 0 radical (unpaired) electrons. The van der Waals surface area contributed by atoms with Crippen LogP contribution in [-0.2, 0) is 17.9 Å². The monoisotopic (exact) mass is 561 g/mol. The molecular weight excluding hydrogens is 522 g/mol. The molecule has 6 heteroatoms. The molecule has 1 amide bonds. The smallest absolute Gasteiger partial charge is 0.217 e. The number of hydrogen-bond acceptors (Lipinski definition) is 3. The molecule has 2 aromatic heterocycles. The van der Waals surface area contributed by atoms with E-state index in [-0.39, 0.29) is 5.91 Å². The number of pyridine rings is 1. The van der Waals surface area contributed by atoms with Gasteiger partial charge >= 0.3 is 0 Å². The molecule has 0 aliphatic carbocycles. The number of rotatable bonds is 8. The Kier molecular flexibility index (Phi) is 11.3. The summed E-state index contributed by atoms with van der Waals surface area (Å²) in [5, 5.41) is 4.93. The maximum atomic E-state index is 11.6. The molecule has 2 heterocycles. The van der Waals surface area contributed by atoms with E-state index in [0.29, 0.717) is 18.4 Å². The van der Waals surface area contributed by atoms with Crippen LogP contribution in [0, 0.1) is 13.8 Å². The Morgan fingerprint density at radius 2 is 1.64 bits per heavy atom. The lowest BCUT2D eigenvalue weighted by atomic mass is 10.0. The van der Waals surface area contributed by atoms with Gasteiger partial charge in [-0.2, -0.15) is 0 Å². The van der Waals surface area contributed by atoms with Gasteiger partial charge in [-0.25, -0.2) is 0 Å². The van der Waals surface area contributed by atoms with Gasteiger partial charge in [0, 0.05) is 48.0 Å². The molecule has 0 atom stereocenters. The molecule has 0 saturated heterocycles. The van der Waals surface area contributed by atoms with Crippen molar-refractivity contribution >= 4 is 29.3 Å². The highest BCUT2D eigenvalue weighted by atomic mass is 35.5.